The van der Waals surface area contributed by atoms with Gasteiger partial charge in [0.2, 0.25) is 0 Å². The molecule has 5 rings (SSSR count). The molecule has 0 radical (unpaired) electrons. The van der Waals surface area contributed by atoms with Crippen molar-refractivity contribution in [3.8, 4) is 17.2 Å². The third-order valence-electron chi connectivity index (χ3n) is 7.38. The van der Waals surface area contributed by atoms with E-state index in [9.17, 15) is 14.4 Å². The Hall–Kier alpha value is -3.12. The average molecular weight is 963 g/mol. The molecule has 0 fully saturated rings. The normalized spacial score (nSPS) is 14.2. The fraction of sp³-hybridized carbons (Fsp3) is 0.257. The van der Waals surface area contributed by atoms with Crippen LogP contribution in [0.3, 0.4) is 0 Å². The van der Waals surface area contributed by atoms with Gasteiger partial charge in [-0.3, -0.25) is 9.36 Å². The lowest BCUT2D eigenvalue weighted by atomic mass is 9.95. The van der Waals surface area contributed by atoms with Crippen LogP contribution in [0.15, 0.2) is 69.6 Å². The monoisotopic (exact) mass is 962 g/mol. The summed E-state index contributed by atoms with van der Waals surface area (Å²) in [6, 6.07) is 13.2. The molecule has 1 atom stereocenters. The molecule has 1 aliphatic heterocycles. The number of carbonyl (C=O) groups excluding carboxylic acids is 2. The van der Waals surface area contributed by atoms with Crippen molar-refractivity contribution < 1.29 is 33.3 Å². The number of fused-ring (bicyclic) bond motifs is 1. The van der Waals surface area contributed by atoms with Gasteiger partial charge < -0.3 is 23.7 Å². The van der Waals surface area contributed by atoms with Crippen molar-refractivity contribution in [2.24, 2.45) is 4.99 Å². The Balaban J connectivity index is 1.64. The molecule has 0 amide bonds. The molecule has 0 bridgehead atoms. The molecule has 0 saturated heterocycles. The number of methoxy groups -OCH3 is 1. The van der Waals surface area contributed by atoms with Crippen molar-refractivity contribution in [2.75, 3.05) is 26.9 Å². The highest BCUT2D eigenvalue weighted by atomic mass is 127. The van der Waals surface area contributed by atoms with E-state index in [0.29, 0.717) is 60.1 Å². The Morgan fingerprint density at radius 3 is 2.48 bits per heavy atom. The number of benzene rings is 3. The van der Waals surface area contributed by atoms with Gasteiger partial charge in [0.1, 0.15) is 12.4 Å². The van der Waals surface area contributed by atoms with E-state index >= 15 is 0 Å². The second-order valence-electron chi connectivity index (χ2n) is 10.6. The second-order valence-corrected chi connectivity index (χ2v) is 14.9. The van der Waals surface area contributed by atoms with Gasteiger partial charge in [0.15, 0.2) is 22.9 Å². The third kappa shape index (κ3) is 8.49. The van der Waals surface area contributed by atoms with Gasteiger partial charge in [0.25, 0.3) is 5.56 Å². The molecule has 15 heteroatoms. The minimum atomic E-state index is -0.903. The van der Waals surface area contributed by atoms with E-state index in [1.807, 2.05) is 19.1 Å². The Kier molecular flexibility index (Phi) is 12.9. The van der Waals surface area contributed by atoms with Crippen LogP contribution >= 0.6 is 79.7 Å². The van der Waals surface area contributed by atoms with Gasteiger partial charge in [0, 0.05) is 24.7 Å². The lowest BCUT2D eigenvalue weighted by Gasteiger charge is -2.25. The van der Waals surface area contributed by atoms with Gasteiger partial charge in [-0.2, -0.15) is 0 Å². The van der Waals surface area contributed by atoms with E-state index in [2.05, 4.69) is 50.2 Å². The van der Waals surface area contributed by atoms with Crippen molar-refractivity contribution in [3.63, 3.8) is 0 Å². The first-order valence-corrected chi connectivity index (χ1v) is 18.9. The Morgan fingerprint density at radius 1 is 1.00 bits per heavy atom. The molecule has 262 valence electrons. The number of thiazole rings is 1. The number of hydrogen-bond donors (Lipinski definition) is 0. The third-order valence-corrected chi connectivity index (χ3v) is 10.4. The SMILES string of the molecule is CCOC(=O)C1=C(C)N=c2s/c(=C/c3cc(I)cc(I)c3OCc3ccc(Cl)cc3Cl)c(=O)n2[C@@H]1c1ccc(OCC(=O)OC)c(OCC)c1. The Bertz CT molecular complexity index is 2180. The molecule has 1 aliphatic rings. The van der Waals surface area contributed by atoms with E-state index in [0.717, 1.165) is 12.7 Å². The maximum atomic E-state index is 14.4. The number of allylic oxidation sites excluding steroid dienone is 1. The van der Waals surface area contributed by atoms with Crippen molar-refractivity contribution in [1.29, 1.82) is 0 Å². The topological polar surface area (TPSA) is 115 Å². The Labute approximate surface area is 328 Å². The molecule has 0 unspecified atom stereocenters. The van der Waals surface area contributed by atoms with E-state index in [1.54, 1.807) is 56.3 Å². The molecule has 1 aromatic heterocycles. The number of esters is 2. The summed E-state index contributed by atoms with van der Waals surface area (Å²) >= 11 is 18.1. The summed E-state index contributed by atoms with van der Waals surface area (Å²) in [7, 11) is 1.27. The predicted molar refractivity (Wildman–Crippen MR) is 208 cm³/mol. The zero-order chi connectivity index (χ0) is 36.1. The summed E-state index contributed by atoms with van der Waals surface area (Å²) in [5.41, 5.74) is 2.25. The van der Waals surface area contributed by atoms with E-state index in [4.69, 9.17) is 46.9 Å². The largest absolute Gasteiger partial charge is 0.490 e. The number of ether oxygens (including phenoxy) is 5. The van der Waals surface area contributed by atoms with Crippen LogP contribution < -0.4 is 29.1 Å². The van der Waals surface area contributed by atoms with Crippen molar-refractivity contribution in [1.82, 2.24) is 4.57 Å². The molecule has 0 saturated carbocycles. The van der Waals surface area contributed by atoms with Crippen LogP contribution in [-0.4, -0.2) is 43.4 Å². The lowest BCUT2D eigenvalue weighted by molar-refractivity contribution is -0.143. The first-order chi connectivity index (χ1) is 23.9. The minimum Gasteiger partial charge on any atom is -0.490 e. The zero-order valence-corrected chi connectivity index (χ0v) is 33.8. The van der Waals surface area contributed by atoms with Crippen molar-refractivity contribution >= 4 is 97.7 Å². The summed E-state index contributed by atoms with van der Waals surface area (Å²) in [6.45, 7) is 5.51. The predicted octanol–water partition coefficient (Wildman–Crippen LogP) is 6.84. The molecule has 3 aromatic carbocycles. The molecular formula is C35H30Cl2I2N2O8S. The molecule has 2 heterocycles. The van der Waals surface area contributed by atoms with Crippen LogP contribution in [-0.2, 0) is 25.7 Å². The van der Waals surface area contributed by atoms with Gasteiger partial charge >= 0.3 is 11.9 Å². The molecule has 10 nitrogen and oxygen atoms in total. The fourth-order valence-corrected chi connectivity index (χ4v) is 8.70. The van der Waals surface area contributed by atoms with Gasteiger partial charge in [-0.25, -0.2) is 14.6 Å². The summed E-state index contributed by atoms with van der Waals surface area (Å²) < 4.78 is 31.6. The van der Waals surface area contributed by atoms with Gasteiger partial charge in [-0.05, 0) is 114 Å². The molecular weight excluding hydrogens is 933 g/mol. The summed E-state index contributed by atoms with van der Waals surface area (Å²) in [5, 5.41) is 1.01. The van der Waals surface area contributed by atoms with Crippen LogP contribution in [0.25, 0.3) is 6.08 Å². The first-order valence-electron chi connectivity index (χ1n) is 15.2. The quantitative estimate of drug-likeness (QED) is 0.112. The van der Waals surface area contributed by atoms with Crippen LogP contribution in [0.4, 0.5) is 0 Å². The first kappa shape index (κ1) is 38.1. The second kappa shape index (κ2) is 16.9. The molecule has 0 N–H and O–H groups in total. The molecule has 50 heavy (non-hydrogen) atoms. The van der Waals surface area contributed by atoms with Crippen LogP contribution in [0.5, 0.6) is 17.2 Å². The van der Waals surface area contributed by atoms with Crippen molar-refractivity contribution in [3.05, 3.63) is 113 Å². The maximum Gasteiger partial charge on any atom is 0.343 e. The maximum absolute atomic E-state index is 14.4. The number of halogens is 4. The zero-order valence-electron chi connectivity index (χ0n) is 27.2. The van der Waals surface area contributed by atoms with Gasteiger partial charge in [-0.1, -0.05) is 46.7 Å². The van der Waals surface area contributed by atoms with E-state index < -0.39 is 18.0 Å². The van der Waals surface area contributed by atoms with Crippen LogP contribution in [0.1, 0.15) is 43.5 Å². The highest BCUT2D eigenvalue weighted by Gasteiger charge is 2.34. The van der Waals surface area contributed by atoms with E-state index in [1.165, 1.54) is 23.0 Å². The fourth-order valence-electron chi connectivity index (χ4n) is 5.15. The summed E-state index contributed by atoms with van der Waals surface area (Å²) in [4.78, 5) is 44.7. The average Bonchev–Trinajstić information content (AvgIpc) is 3.37. The van der Waals surface area contributed by atoms with Gasteiger partial charge in [0.05, 0.1) is 45.7 Å². The number of carbonyl (C=O) groups is 2. The smallest absolute Gasteiger partial charge is 0.343 e. The molecule has 0 aliphatic carbocycles. The lowest BCUT2D eigenvalue weighted by Crippen LogP contribution is -2.40. The number of aromatic nitrogens is 1. The number of nitrogens with zero attached hydrogens (tertiary/aromatic N) is 2. The standard InChI is InChI=1S/C35H30Cl2I2N2O8S/c1-5-46-27-12-19(8-10-26(27)48-17-29(42)45-4)31-30(34(44)47-6-2)18(3)40-35-41(31)33(43)28(50-35)13-21-11-23(38)15-25(39)32(21)49-16-20-7-9-22(36)14-24(20)37/h7-15,31H,5-6,16-17H2,1-4H3/b28-13+/t31-/m1/s1. The summed E-state index contributed by atoms with van der Waals surface area (Å²) in [5.74, 6) is 0.0433. The molecule has 0 spiro atoms. The van der Waals surface area contributed by atoms with Crippen molar-refractivity contribution in [2.45, 2.75) is 33.4 Å². The summed E-state index contributed by atoms with van der Waals surface area (Å²) in [6.07, 6.45) is 1.77. The number of rotatable bonds is 12. The van der Waals surface area contributed by atoms with Crippen LogP contribution in [0.2, 0.25) is 10.0 Å². The van der Waals surface area contributed by atoms with Crippen LogP contribution in [0, 0.1) is 7.14 Å². The highest BCUT2D eigenvalue weighted by Crippen LogP contribution is 2.37. The highest BCUT2D eigenvalue weighted by molar-refractivity contribution is 14.1. The molecule has 4 aromatic rings. The van der Waals surface area contributed by atoms with Gasteiger partial charge in [-0.15, -0.1) is 0 Å². The number of hydrogen-bond acceptors (Lipinski definition) is 10. The van der Waals surface area contributed by atoms with E-state index in [-0.39, 0.29) is 31.0 Å². The Morgan fingerprint density at radius 2 is 1.78 bits per heavy atom. The minimum absolute atomic E-state index is 0.131.